The molecule has 0 heterocycles. The zero-order chi connectivity index (χ0) is 11.2. The molecule has 0 fully saturated rings. The van der Waals surface area contributed by atoms with Gasteiger partial charge in [0.1, 0.15) is 0 Å². The van der Waals surface area contributed by atoms with Crippen LogP contribution < -0.4 is 0 Å². The standard InChI is InChI=1S/C13H30P2/c1-3-5-7-9-11-14-13-15-12-10-8-6-4-2/h14-15H,3-13H2,1-2H3. The summed E-state index contributed by atoms with van der Waals surface area (Å²) in [5.74, 6) is 1.54. The van der Waals surface area contributed by atoms with Crippen molar-refractivity contribution in [3.63, 3.8) is 0 Å². The fourth-order valence-electron chi connectivity index (χ4n) is 1.62. The fraction of sp³-hybridized carbons (Fsp3) is 1.00. The van der Waals surface area contributed by atoms with Crippen LogP contribution in [-0.4, -0.2) is 18.2 Å². The fourth-order valence-corrected chi connectivity index (χ4v) is 4.74. The molecule has 0 radical (unpaired) electrons. The SMILES string of the molecule is CCCCCCPCPCCCCCC. The Morgan fingerprint density at radius 2 is 1.07 bits per heavy atom. The van der Waals surface area contributed by atoms with Crippen LogP contribution in [-0.2, 0) is 0 Å². The van der Waals surface area contributed by atoms with E-state index in [9.17, 15) is 0 Å². The topological polar surface area (TPSA) is 0 Å². The first kappa shape index (κ1) is 15.9. The Balaban J connectivity index is 2.81. The molecule has 0 aliphatic carbocycles. The molecule has 0 aromatic rings. The molecule has 0 aromatic heterocycles. The Bertz CT molecular complexity index is 92.7. The first-order chi connectivity index (χ1) is 7.41. The average molecular weight is 248 g/mol. The van der Waals surface area contributed by atoms with Gasteiger partial charge in [-0.25, -0.2) is 0 Å². The molecule has 0 rings (SSSR count). The Hall–Kier alpha value is 0.860. The van der Waals surface area contributed by atoms with Gasteiger partial charge in [0.2, 0.25) is 0 Å². The summed E-state index contributed by atoms with van der Waals surface area (Å²) in [6.45, 7) is 4.58. The van der Waals surface area contributed by atoms with Gasteiger partial charge in [0.25, 0.3) is 0 Å². The van der Waals surface area contributed by atoms with Gasteiger partial charge < -0.3 is 0 Å². The summed E-state index contributed by atoms with van der Waals surface area (Å²) in [5, 5.41) is 0. The molecule has 2 unspecified atom stereocenters. The molecule has 0 saturated carbocycles. The van der Waals surface area contributed by atoms with Crippen LogP contribution in [0.25, 0.3) is 0 Å². The molecule has 0 nitrogen and oxygen atoms in total. The first-order valence-electron chi connectivity index (χ1n) is 6.83. The predicted molar refractivity (Wildman–Crippen MR) is 79.5 cm³/mol. The van der Waals surface area contributed by atoms with Crippen molar-refractivity contribution in [2.45, 2.75) is 65.2 Å². The lowest BCUT2D eigenvalue weighted by atomic mass is 10.2. The van der Waals surface area contributed by atoms with Gasteiger partial charge >= 0.3 is 0 Å². The van der Waals surface area contributed by atoms with E-state index >= 15 is 0 Å². The third-order valence-electron chi connectivity index (χ3n) is 2.66. The average Bonchev–Trinajstić information content (AvgIpc) is 2.26. The van der Waals surface area contributed by atoms with Gasteiger partial charge in [-0.05, 0) is 31.1 Å². The Kier molecular flexibility index (Phi) is 15.7. The maximum absolute atomic E-state index is 2.29. The van der Waals surface area contributed by atoms with E-state index in [-0.39, 0.29) is 0 Å². The van der Waals surface area contributed by atoms with Gasteiger partial charge in [-0.2, -0.15) is 0 Å². The van der Waals surface area contributed by atoms with Crippen molar-refractivity contribution < 1.29 is 0 Å². The van der Waals surface area contributed by atoms with E-state index in [4.69, 9.17) is 0 Å². The summed E-state index contributed by atoms with van der Waals surface area (Å²) in [7, 11) is 2.54. The highest BCUT2D eigenvalue weighted by Crippen LogP contribution is 2.26. The van der Waals surface area contributed by atoms with Crippen molar-refractivity contribution >= 4 is 17.2 Å². The van der Waals surface area contributed by atoms with Crippen LogP contribution in [0.3, 0.4) is 0 Å². The first-order valence-corrected chi connectivity index (χ1v) is 9.66. The van der Waals surface area contributed by atoms with Crippen molar-refractivity contribution in [2.75, 3.05) is 18.2 Å². The van der Waals surface area contributed by atoms with Gasteiger partial charge in [-0.1, -0.05) is 52.4 Å². The van der Waals surface area contributed by atoms with Gasteiger partial charge in [0.05, 0.1) is 0 Å². The number of unbranched alkanes of at least 4 members (excludes halogenated alkanes) is 6. The summed E-state index contributed by atoms with van der Waals surface area (Å²) in [4.78, 5) is 0. The second-order valence-corrected chi connectivity index (χ2v) is 7.71. The third-order valence-corrected chi connectivity index (χ3v) is 6.08. The van der Waals surface area contributed by atoms with Crippen LogP contribution >= 0.6 is 17.2 Å². The minimum Gasteiger partial charge on any atom is -0.118 e. The highest BCUT2D eigenvalue weighted by Gasteiger charge is 1.91. The summed E-state index contributed by atoms with van der Waals surface area (Å²) >= 11 is 0. The third kappa shape index (κ3) is 14.9. The monoisotopic (exact) mass is 248 g/mol. The molecular formula is C13H30P2. The van der Waals surface area contributed by atoms with E-state index in [1.165, 1.54) is 86.8 Å². The van der Waals surface area contributed by atoms with Crippen LogP contribution in [0.1, 0.15) is 65.2 Å². The highest BCUT2D eigenvalue weighted by molar-refractivity contribution is 7.56. The summed E-state index contributed by atoms with van der Waals surface area (Å²) < 4.78 is 0. The number of hydrogen-bond acceptors (Lipinski definition) is 0. The number of rotatable bonds is 12. The van der Waals surface area contributed by atoms with Crippen LogP contribution in [0.2, 0.25) is 0 Å². The van der Waals surface area contributed by atoms with Crippen molar-refractivity contribution in [3.05, 3.63) is 0 Å². The molecule has 0 saturated heterocycles. The summed E-state index contributed by atoms with van der Waals surface area (Å²) in [6.07, 6.45) is 14.6. The Morgan fingerprint density at radius 3 is 1.47 bits per heavy atom. The molecular weight excluding hydrogens is 218 g/mol. The van der Waals surface area contributed by atoms with Crippen LogP contribution in [0, 0.1) is 0 Å². The molecule has 2 heteroatoms. The zero-order valence-electron chi connectivity index (χ0n) is 10.8. The minimum atomic E-state index is 1.27. The van der Waals surface area contributed by atoms with Crippen LogP contribution in [0.4, 0.5) is 0 Å². The lowest BCUT2D eigenvalue weighted by Gasteiger charge is -2.02. The minimum absolute atomic E-state index is 1.27. The molecule has 2 atom stereocenters. The van der Waals surface area contributed by atoms with Gasteiger partial charge in [0.15, 0.2) is 0 Å². The lowest BCUT2D eigenvalue weighted by Crippen LogP contribution is -1.81. The Labute approximate surface area is 101 Å². The second-order valence-electron chi connectivity index (χ2n) is 4.30. The molecule has 0 amide bonds. The van der Waals surface area contributed by atoms with Crippen molar-refractivity contribution in [1.29, 1.82) is 0 Å². The molecule has 0 N–H and O–H groups in total. The van der Waals surface area contributed by atoms with E-state index < -0.39 is 0 Å². The molecule has 0 bridgehead atoms. The maximum atomic E-state index is 2.29. The van der Waals surface area contributed by atoms with E-state index in [0.717, 1.165) is 0 Å². The van der Waals surface area contributed by atoms with E-state index in [2.05, 4.69) is 13.8 Å². The van der Waals surface area contributed by atoms with E-state index in [1.807, 2.05) is 0 Å². The lowest BCUT2D eigenvalue weighted by molar-refractivity contribution is 0.705. The summed E-state index contributed by atoms with van der Waals surface area (Å²) in [5.41, 5.74) is 0. The second kappa shape index (κ2) is 14.9. The summed E-state index contributed by atoms with van der Waals surface area (Å²) in [6, 6.07) is 0. The highest BCUT2D eigenvalue weighted by atomic mass is 31.1. The van der Waals surface area contributed by atoms with Crippen LogP contribution in [0.15, 0.2) is 0 Å². The molecule has 15 heavy (non-hydrogen) atoms. The molecule has 0 aliphatic rings. The quantitative estimate of drug-likeness (QED) is 0.318. The van der Waals surface area contributed by atoms with Gasteiger partial charge in [-0.15, -0.1) is 17.2 Å². The zero-order valence-corrected chi connectivity index (χ0v) is 12.8. The van der Waals surface area contributed by atoms with Gasteiger partial charge in [-0.3, -0.25) is 0 Å². The van der Waals surface area contributed by atoms with E-state index in [1.54, 1.807) is 0 Å². The molecule has 0 spiro atoms. The molecule has 0 aliphatic heterocycles. The normalized spacial score (nSPS) is 12.4. The van der Waals surface area contributed by atoms with E-state index in [0.29, 0.717) is 0 Å². The smallest absolute Gasteiger partial charge is 0.0176 e. The maximum Gasteiger partial charge on any atom is -0.0176 e. The van der Waals surface area contributed by atoms with Gasteiger partial charge in [0, 0.05) is 0 Å². The molecule has 92 valence electrons. The predicted octanol–water partition coefficient (Wildman–Crippen LogP) is 5.46. The Morgan fingerprint density at radius 1 is 0.600 bits per heavy atom. The van der Waals surface area contributed by atoms with Crippen molar-refractivity contribution in [1.82, 2.24) is 0 Å². The molecule has 0 aromatic carbocycles. The van der Waals surface area contributed by atoms with Crippen LogP contribution in [0.5, 0.6) is 0 Å². The van der Waals surface area contributed by atoms with Crippen molar-refractivity contribution in [2.24, 2.45) is 0 Å². The number of hydrogen-bond donors (Lipinski definition) is 0. The largest absolute Gasteiger partial charge is 0.118 e. The van der Waals surface area contributed by atoms with Crippen molar-refractivity contribution in [3.8, 4) is 0 Å².